The lowest BCUT2D eigenvalue weighted by molar-refractivity contribution is -0.122. The molecule has 0 bridgehead atoms. The van der Waals surface area contributed by atoms with Gasteiger partial charge in [0.1, 0.15) is 11.3 Å². The summed E-state index contributed by atoms with van der Waals surface area (Å²) in [5.74, 6) is -1.03. The molecule has 4 amide bonds. The van der Waals surface area contributed by atoms with Gasteiger partial charge >= 0.3 is 6.03 Å². The molecule has 6 nitrogen and oxygen atoms in total. The van der Waals surface area contributed by atoms with Crippen LogP contribution in [0.3, 0.4) is 0 Å². The van der Waals surface area contributed by atoms with Gasteiger partial charge in [-0.25, -0.2) is 9.69 Å². The Labute approximate surface area is 209 Å². The topological polar surface area (TPSA) is 75.7 Å². The fourth-order valence-electron chi connectivity index (χ4n) is 3.70. The van der Waals surface area contributed by atoms with Gasteiger partial charge in [-0.2, -0.15) is 0 Å². The summed E-state index contributed by atoms with van der Waals surface area (Å²) in [4.78, 5) is 39.3. The molecule has 0 radical (unpaired) electrons. The summed E-state index contributed by atoms with van der Waals surface area (Å²) in [5, 5.41) is 3.06. The number of unbranched alkanes of at least 4 members (excludes halogenated alkanes) is 5. The first-order valence-electron chi connectivity index (χ1n) is 11.4. The standard InChI is InChI=1S/C26H28Cl2N2O4/c1-3-4-5-6-7-8-14-34-23-13-12-19(27)15-18(23)16-20-24(31)29-26(33)30(25(20)32)22-11-9-10-21(28)17(22)2/h9-13,15-16H,3-8,14H2,1-2H3,(H,29,31,33)/b20-16-. The van der Waals surface area contributed by atoms with Gasteiger partial charge in [-0.3, -0.25) is 14.9 Å². The lowest BCUT2D eigenvalue weighted by Gasteiger charge is -2.27. The second-order valence-electron chi connectivity index (χ2n) is 8.14. The first kappa shape index (κ1) is 25.8. The summed E-state index contributed by atoms with van der Waals surface area (Å²) in [5.41, 5.74) is 1.13. The molecule has 1 aliphatic heterocycles. The molecule has 1 aliphatic rings. The van der Waals surface area contributed by atoms with E-state index in [1.807, 2.05) is 0 Å². The number of carbonyl (C=O) groups excluding carboxylic acids is 3. The summed E-state index contributed by atoms with van der Waals surface area (Å²) in [6.45, 7) is 4.39. The average molecular weight is 503 g/mol. The molecule has 2 aromatic carbocycles. The molecule has 1 N–H and O–H groups in total. The van der Waals surface area contributed by atoms with Gasteiger partial charge in [0.25, 0.3) is 11.8 Å². The highest BCUT2D eigenvalue weighted by molar-refractivity contribution is 6.40. The monoisotopic (exact) mass is 502 g/mol. The SMILES string of the molecule is CCCCCCCCOc1ccc(Cl)cc1/C=C1/C(=O)NC(=O)N(c2cccc(Cl)c2C)C1=O. The number of halogens is 2. The van der Waals surface area contributed by atoms with Crippen LogP contribution in [0.2, 0.25) is 10.0 Å². The Kier molecular flexibility index (Phi) is 9.13. The minimum atomic E-state index is -0.830. The number of hydrogen-bond donors (Lipinski definition) is 1. The molecule has 34 heavy (non-hydrogen) atoms. The largest absolute Gasteiger partial charge is 0.493 e. The third-order valence-corrected chi connectivity index (χ3v) is 6.25. The first-order chi connectivity index (χ1) is 16.3. The zero-order chi connectivity index (χ0) is 24.7. The zero-order valence-electron chi connectivity index (χ0n) is 19.3. The van der Waals surface area contributed by atoms with Crippen molar-refractivity contribution < 1.29 is 19.1 Å². The lowest BCUT2D eigenvalue weighted by atomic mass is 10.0. The second-order valence-corrected chi connectivity index (χ2v) is 8.98. The predicted molar refractivity (Wildman–Crippen MR) is 136 cm³/mol. The maximum absolute atomic E-state index is 13.3. The fraction of sp³-hybridized carbons (Fsp3) is 0.346. The van der Waals surface area contributed by atoms with Gasteiger partial charge < -0.3 is 4.74 Å². The van der Waals surface area contributed by atoms with Crippen LogP contribution in [0, 0.1) is 6.92 Å². The molecule has 0 saturated carbocycles. The van der Waals surface area contributed by atoms with Crippen molar-refractivity contribution in [3.63, 3.8) is 0 Å². The lowest BCUT2D eigenvalue weighted by Crippen LogP contribution is -2.54. The summed E-state index contributed by atoms with van der Waals surface area (Å²) >= 11 is 12.4. The van der Waals surface area contributed by atoms with Crippen LogP contribution in [0.5, 0.6) is 5.75 Å². The molecular formula is C26H28Cl2N2O4. The highest BCUT2D eigenvalue weighted by atomic mass is 35.5. The van der Waals surface area contributed by atoms with Crippen molar-refractivity contribution in [1.82, 2.24) is 5.32 Å². The van der Waals surface area contributed by atoms with Crippen molar-refractivity contribution in [3.8, 4) is 5.75 Å². The summed E-state index contributed by atoms with van der Waals surface area (Å²) in [7, 11) is 0. The van der Waals surface area contributed by atoms with E-state index in [0.29, 0.717) is 39.2 Å². The van der Waals surface area contributed by atoms with Gasteiger partial charge in [-0.05, 0) is 55.3 Å². The van der Waals surface area contributed by atoms with Crippen LogP contribution in [0.25, 0.3) is 6.08 Å². The molecule has 0 unspecified atom stereocenters. The van der Waals surface area contributed by atoms with Gasteiger partial charge in [0.05, 0.1) is 12.3 Å². The van der Waals surface area contributed by atoms with E-state index in [1.165, 1.54) is 25.3 Å². The van der Waals surface area contributed by atoms with Crippen molar-refractivity contribution in [2.75, 3.05) is 11.5 Å². The Balaban J connectivity index is 1.84. The van der Waals surface area contributed by atoms with Crippen LogP contribution in [0.4, 0.5) is 10.5 Å². The van der Waals surface area contributed by atoms with E-state index in [4.69, 9.17) is 27.9 Å². The molecule has 1 heterocycles. The Morgan fingerprint density at radius 1 is 1.00 bits per heavy atom. The van der Waals surface area contributed by atoms with E-state index in [2.05, 4.69) is 12.2 Å². The molecule has 0 spiro atoms. The van der Waals surface area contributed by atoms with E-state index < -0.39 is 17.8 Å². The third kappa shape index (κ3) is 6.19. The first-order valence-corrected chi connectivity index (χ1v) is 12.2. The highest BCUT2D eigenvalue weighted by Gasteiger charge is 2.37. The Morgan fingerprint density at radius 2 is 1.74 bits per heavy atom. The minimum Gasteiger partial charge on any atom is -0.493 e. The van der Waals surface area contributed by atoms with E-state index in [9.17, 15) is 14.4 Å². The van der Waals surface area contributed by atoms with Crippen molar-refractivity contribution in [2.24, 2.45) is 0 Å². The van der Waals surface area contributed by atoms with Crippen molar-refractivity contribution in [2.45, 2.75) is 52.4 Å². The second kappa shape index (κ2) is 12.0. The summed E-state index contributed by atoms with van der Waals surface area (Å²) in [6.07, 6.45) is 8.19. The number of barbiturate groups is 1. The quantitative estimate of drug-likeness (QED) is 0.222. The van der Waals surface area contributed by atoms with Gasteiger partial charge in [-0.1, -0.05) is 68.3 Å². The molecule has 1 fully saturated rings. The molecule has 1 saturated heterocycles. The fourth-order valence-corrected chi connectivity index (χ4v) is 4.05. The van der Waals surface area contributed by atoms with Gasteiger partial charge in [0.2, 0.25) is 0 Å². The number of amides is 4. The number of urea groups is 1. The van der Waals surface area contributed by atoms with Crippen LogP contribution in [0.15, 0.2) is 42.0 Å². The predicted octanol–water partition coefficient (Wildman–Crippen LogP) is 6.71. The number of anilines is 1. The van der Waals surface area contributed by atoms with Gasteiger partial charge in [0.15, 0.2) is 0 Å². The zero-order valence-corrected chi connectivity index (χ0v) is 20.8. The maximum atomic E-state index is 13.3. The summed E-state index contributed by atoms with van der Waals surface area (Å²) in [6, 6.07) is 9.08. The average Bonchev–Trinajstić information content (AvgIpc) is 2.80. The minimum absolute atomic E-state index is 0.203. The number of benzene rings is 2. The van der Waals surface area contributed by atoms with Gasteiger partial charge in [0, 0.05) is 15.6 Å². The molecular weight excluding hydrogens is 475 g/mol. The van der Waals surface area contributed by atoms with Crippen molar-refractivity contribution >= 4 is 52.8 Å². The molecule has 3 rings (SSSR count). The highest BCUT2D eigenvalue weighted by Crippen LogP contribution is 2.31. The Bertz CT molecular complexity index is 1110. The van der Waals surface area contributed by atoms with Crippen LogP contribution >= 0.6 is 23.2 Å². The van der Waals surface area contributed by atoms with Gasteiger partial charge in [-0.15, -0.1) is 0 Å². The molecule has 180 valence electrons. The number of rotatable bonds is 10. The Hall–Kier alpha value is -2.83. The van der Waals surface area contributed by atoms with E-state index in [0.717, 1.165) is 24.2 Å². The molecule has 2 aromatic rings. The maximum Gasteiger partial charge on any atom is 0.335 e. The number of nitrogens with zero attached hydrogens (tertiary/aromatic N) is 1. The van der Waals surface area contributed by atoms with Crippen LogP contribution in [0.1, 0.15) is 56.6 Å². The number of hydrogen-bond acceptors (Lipinski definition) is 4. The van der Waals surface area contributed by atoms with E-state index in [-0.39, 0.29) is 5.57 Å². The molecule has 0 atom stereocenters. The van der Waals surface area contributed by atoms with E-state index >= 15 is 0 Å². The number of nitrogens with one attached hydrogen (secondary N) is 1. The number of imide groups is 2. The Morgan fingerprint density at radius 3 is 2.50 bits per heavy atom. The third-order valence-electron chi connectivity index (χ3n) is 5.61. The number of carbonyl (C=O) groups is 3. The molecule has 8 heteroatoms. The number of ether oxygens (including phenoxy) is 1. The summed E-state index contributed by atoms with van der Waals surface area (Å²) < 4.78 is 5.93. The van der Waals surface area contributed by atoms with Crippen molar-refractivity contribution in [1.29, 1.82) is 0 Å². The smallest absolute Gasteiger partial charge is 0.335 e. The molecule has 0 aromatic heterocycles. The molecule has 0 aliphatic carbocycles. The van der Waals surface area contributed by atoms with Crippen molar-refractivity contribution in [3.05, 3.63) is 63.1 Å². The van der Waals surface area contributed by atoms with Crippen LogP contribution < -0.4 is 15.0 Å². The normalized spacial score (nSPS) is 15.1. The van der Waals surface area contributed by atoms with Crippen LogP contribution in [-0.4, -0.2) is 24.5 Å². The van der Waals surface area contributed by atoms with E-state index in [1.54, 1.807) is 43.3 Å². The van der Waals surface area contributed by atoms with Crippen LogP contribution in [-0.2, 0) is 9.59 Å².